The summed E-state index contributed by atoms with van der Waals surface area (Å²) >= 11 is 0. The number of rotatable bonds is 7. The second-order valence-electron chi connectivity index (χ2n) is 8.02. The number of carbonyl (C=O) groups excluding carboxylic acids is 1. The van der Waals surface area contributed by atoms with Crippen LogP contribution in [0.15, 0.2) is 46.9 Å². The summed E-state index contributed by atoms with van der Waals surface area (Å²) in [6.45, 7) is 4.30. The summed E-state index contributed by atoms with van der Waals surface area (Å²) in [7, 11) is 0. The Labute approximate surface area is 167 Å². The molecule has 2 fully saturated rings. The van der Waals surface area contributed by atoms with Crippen molar-refractivity contribution in [2.75, 3.05) is 26.2 Å². The van der Waals surface area contributed by atoms with Crippen LogP contribution in [0.4, 0.5) is 0 Å². The van der Waals surface area contributed by atoms with Gasteiger partial charge in [0, 0.05) is 13.2 Å². The fourth-order valence-corrected chi connectivity index (χ4v) is 4.20. The maximum Gasteiger partial charge on any atom is 0.287 e. The van der Waals surface area contributed by atoms with Gasteiger partial charge in [-0.3, -0.25) is 9.69 Å². The highest BCUT2D eigenvalue weighted by Gasteiger charge is 2.22. The van der Waals surface area contributed by atoms with Crippen LogP contribution in [0.2, 0.25) is 0 Å². The van der Waals surface area contributed by atoms with Gasteiger partial charge >= 0.3 is 0 Å². The largest absolute Gasteiger partial charge is 0.455 e. The van der Waals surface area contributed by atoms with E-state index in [-0.39, 0.29) is 12.0 Å². The van der Waals surface area contributed by atoms with Gasteiger partial charge in [0.25, 0.3) is 5.91 Å². The maximum absolute atomic E-state index is 12.2. The van der Waals surface area contributed by atoms with Crippen LogP contribution >= 0.6 is 0 Å². The second kappa shape index (κ2) is 9.39. The van der Waals surface area contributed by atoms with E-state index in [9.17, 15) is 4.79 Å². The quantitative estimate of drug-likeness (QED) is 0.794. The van der Waals surface area contributed by atoms with Crippen molar-refractivity contribution >= 4 is 5.91 Å². The summed E-state index contributed by atoms with van der Waals surface area (Å²) in [5.41, 5.74) is 1.44. The third kappa shape index (κ3) is 5.24. The molecular weight excluding hydrogens is 352 g/mol. The number of carbonyl (C=O) groups is 1. The number of nitrogens with zero attached hydrogens (tertiary/aromatic N) is 1. The highest BCUT2D eigenvalue weighted by atomic mass is 16.5. The van der Waals surface area contributed by atoms with E-state index < -0.39 is 0 Å². The molecule has 0 radical (unpaired) electrons. The average Bonchev–Trinajstić information content (AvgIpc) is 3.41. The Bertz CT molecular complexity index is 744. The first-order valence-electron chi connectivity index (χ1n) is 10.5. The first-order chi connectivity index (χ1) is 13.8. The molecule has 4 rings (SSSR count). The topological polar surface area (TPSA) is 54.7 Å². The second-order valence-corrected chi connectivity index (χ2v) is 8.02. The smallest absolute Gasteiger partial charge is 0.287 e. The number of nitrogens with one attached hydrogen (secondary N) is 1. The number of likely N-dealkylation sites (tertiary alicyclic amines) is 1. The zero-order valence-electron chi connectivity index (χ0n) is 16.4. The van der Waals surface area contributed by atoms with Crippen LogP contribution in [-0.4, -0.2) is 43.2 Å². The highest BCUT2D eigenvalue weighted by Crippen LogP contribution is 2.23. The minimum atomic E-state index is -0.150. The van der Waals surface area contributed by atoms with Crippen molar-refractivity contribution in [2.24, 2.45) is 5.92 Å². The summed E-state index contributed by atoms with van der Waals surface area (Å²) in [5.74, 6) is 1.87. The summed E-state index contributed by atoms with van der Waals surface area (Å²) in [6.07, 6.45) is 5.84. The molecule has 28 heavy (non-hydrogen) atoms. The lowest BCUT2D eigenvalue weighted by molar-refractivity contribution is 0.0831. The molecule has 5 nitrogen and oxygen atoms in total. The number of piperidine rings is 1. The minimum absolute atomic E-state index is 0.149. The van der Waals surface area contributed by atoms with Gasteiger partial charge in [0.1, 0.15) is 5.76 Å². The molecule has 0 bridgehead atoms. The number of hydrogen-bond acceptors (Lipinski definition) is 4. The minimum Gasteiger partial charge on any atom is -0.455 e. The summed E-state index contributed by atoms with van der Waals surface area (Å²) in [6, 6.07) is 14.5. The van der Waals surface area contributed by atoms with Crippen molar-refractivity contribution in [3.8, 4) is 0 Å². The molecule has 1 aromatic heterocycles. The molecule has 2 saturated heterocycles. The van der Waals surface area contributed by atoms with Crippen LogP contribution in [0.1, 0.15) is 47.6 Å². The Balaban J connectivity index is 1.20. The van der Waals surface area contributed by atoms with Crippen molar-refractivity contribution < 1.29 is 13.9 Å². The Kier molecular flexibility index (Phi) is 6.45. The lowest BCUT2D eigenvalue weighted by atomic mass is 9.90. The van der Waals surface area contributed by atoms with Gasteiger partial charge in [-0.15, -0.1) is 0 Å². The van der Waals surface area contributed by atoms with Gasteiger partial charge in [-0.2, -0.15) is 0 Å². The molecule has 0 spiro atoms. The monoisotopic (exact) mass is 382 g/mol. The van der Waals surface area contributed by atoms with Crippen LogP contribution in [0.5, 0.6) is 0 Å². The zero-order valence-corrected chi connectivity index (χ0v) is 16.4. The van der Waals surface area contributed by atoms with Crippen LogP contribution in [0.3, 0.4) is 0 Å². The van der Waals surface area contributed by atoms with E-state index in [0.29, 0.717) is 12.3 Å². The number of furan rings is 1. The maximum atomic E-state index is 12.2. The number of ether oxygens (including phenoxy) is 1. The van der Waals surface area contributed by atoms with Gasteiger partial charge < -0.3 is 14.5 Å². The summed E-state index contributed by atoms with van der Waals surface area (Å²) in [5, 5.41) is 2.92. The number of amides is 1. The number of benzene rings is 1. The molecule has 1 unspecified atom stereocenters. The van der Waals surface area contributed by atoms with E-state index in [1.807, 2.05) is 6.07 Å². The van der Waals surface area contributed by atoms with Crippen LogP contribution in [0, 0.1) is 5.92 Å². The third-order valence-corrected chi connectivity index (χ3v) is 5.85. The van der Waals surface area contributed by atoms with Crippen LogP contribution < -0.4 is 5.32 Å². The van der Waals surface area contributed by atoms with Gasteiger partial charge in [0.05, 0.1) is 12.6 Å². The zero-order chi connectivity index (χ0) is 19.2. The molecule has 1 aromatic carbocycles. The van der Waals surface area contributed by atoms with Crippen molar-refractivity contribution in [1.29, 1.82) is 0 Å². The number of hydrogen-bond donors (Lipinski definition) is 1. The highest BCUT2D eigenvalue weighted by molar-refractivity contribution is 5.91. The summed E-state index contributed by atoms with van der Waals surface area (Å²) < 4.78 is 11.3. The SMILES string of the molecule is O=C(NCC1CCCO1)c1ccc(CN2CCC(Cc3ccccc3)CC2)o1. The summed E-state index contributed by atoms with van der Waals surface area (Å²) in [4.78, 5) is 14.7. The Morgan fingerprint density at radius 1 is 1.07 bits per heavy atom. The Morgan fingerprint density at radius 2 is 1.89 bits per heavy atom. The van der Waals surface area contributed by atoms with Crippen molar-refractivity contribution in [1.82, 2.24) is 10.2 Å². The fourth-order valence-electron chi connectivity index (χ4n) is 4.20. The molecule has 0 aliphatic carbocycles. The van der Waals surface area contributed by atoms with E-state index in [4.69, 9.17) is 9.15 Å². The molecule has 2 aliphatic rings. The first kappa shape index (κ1) is 19.2. The van der Waals surface area contributed by atoms with E-state index in [1.165, 1.54) is 24.8 Å². The van der Waals surface area contributed by atoms with Gasteiger partial charge in [-0.05, 0) is 68.8 Å². The van der Waals surface area contributed by atoms with Crippen molar-refractivity contribution in [3.05, 3.63) is 59.5 Å². The van der Waals surface area contributed by atoms with E-state index in [0.717, 1.165) is 50.8 Å². The molecule has 3 heterocycles. The van der Waals surface area contributed by atoms with Crippen molar-refractivity contribution in [3.63, 3.8) is 0 Å². The van der Waals surface area contributed by atoms with Crippen LogP contribution in [0.25, 0.3) is 0 Å². The normalized spacial score (nSPS) is 21.1. The Morgan fingerprint density at radius 3 is 2.64 bits per heavy atom. The van der Waals surface area contributed by atoms with Gasteiger partial charge in [0.15, 0.2) is 5.76 Å². The standard InChI is InChI=1S/C23H30N2O3/c26-23(24-16-20-7-4-14-27-20)22-9-8-21(28-22)17-25-12-10-19(11-13-25)15-18-5-2-1-3-6-18/h1-3,5-6,8-9,19-20H,4,7,10-17H2,(H,24,26). The third-order valence-electron chi connectivity index (χ3n) is 5.85. The first-order valence-corrected chi connectivity index (χ1v) is 10.5. The molecule has 5 heteroatoms. The molecule has 2 aliphatic heterocycles. The Hall–Kier alpha value is -2.11. The van der Waals surface area contributed by atoms with E-state index >= 15 is 0 Å². The molecule has 1 atom stereocenters. The predicted octanol–water partition coefficient (Wildman–Crippen LogP) is 3.64. The molecule has 1 N–H and O–H groups in total. The molecule has 1 amide bonds. The van der Waals surface area contributed by atoms with Gasteiger partial charge in [-0.25, -0.2) is 0 Å². The fraction of sp³-hybridized carbons (Fsp3) is 0.522. The van der Waals surface area contributed by atoms with Gasteiger partial charge in [0.2, 0.25) is 0 Å². The molecular formula is C23H30N2O3. The lowest BCUT2D eigenvalue weighted by Crippen LogP contribution is -2.33. The van der Waals surface area contributed by atoms with Gasteiger partial charge in [-0.1, -0.05) is 30.3 Å². The van der Waals surface area contributed by atoms with E-state index in [2.05, 4.69) is 40.5 Å². The predicted molar refractivity (Wildman–Crippen MR) is 108 cm³/mol. The van der Waals surface area contributed by atoms with E-state index in [1.54, 1.807) is 6.07 Å². The lowest BCUT2D eigenvalue weighted by Gasteiger charge is -2.31. The molecule has 0 saturated carbocycles. The molecule has 150 valence electrons. The van der Waals surface area contributed by atoms with Crippen molar-refractivity contribution in [2.45, 2.75) is 44.8 Å². The van der Waals surface area contributed by atoms with Crippen LogP contribution in [-0.2, 0) is 17.7 Å². The molecule has 2 aromatic rings. The average molecular weight is 383 g/mol.